The molecular formula is C45H29N3. The van der Waals surface area contributed by atoms with Gasteiger partial charge in [-0.15, -0.1) is 0 Å². The van der Waals surface area contributed by atoms with Gasteiger partial charge in [0.05, 0.1) is 0 Å². The molecule has 0 bridgehead atoms. The second-order valence-corrected chi connectivity index (χ2v) is 12.1. The Labute approximate surface area is 278 Å². The molecule has 0 aliphatic heterocycles. The summed E-state index contributed by atoms with van der Waals surface area (Å²) in [4.78, 5) is 15.1. The minimum Gasteiger partial charge on any atom is -0.208 e. The molecule has 0 amide bonds. The van der Waals surface area contributed by atoms with E-state index >= 15 is 0 Å². The van der Waals surface area contributed by atoms with E-state index in [9.17, 15) is 0 Å². The quantitative estimate of drug-likeness (QED) is 0.182. The Morgan fingerprint density at radius 2 is 0.667 bits per heavy atom. The van der Waals surface area contributed by atoms with Crippen LogP contribution in [0.25, 0.3) is 88.7 Å². The SMILES string of the molecule is c1ccc(-c2ccc3cc(-c4cccc(-c5nc(-c6ccccc6)nc(-c6ccc7c(ccc8ccccc87)c6)n5)c4)ccc3c2)cc1. The first-order valence-corrected chi connectivity index (χ1v) is 16.2. The molecule has 0 saturated heterocycles. The van der Waals surface area contributed by atoms with Gasteiger partial charge in [-0.2, -0.15) is 0 Å². The van der Waals surface area contributed by atoms with E-state index in [1.807, 2.05) is 30.3 Å². The largest absolute Gasteiger partial charge is 0.208 e. The van der Waals surface area contributed by atoms with Gasteiger partial charge in [0.25, 0.3) is 0 Å². The highest BCUT2D eigenvalue weighted by Crippen LogP contribution is 2.33. The summed E-state index contributed by atoms with van der Waals surface area (Å²) in [5.41, 5.74) is 7.56. The molecule has 0 N–H and O–H groups in total. The van der Waals surface area contributed by atoms with Crippen molar-refractivity contribution < 1.29 is 0 Å². The van der Waals surface area contributed by atoms with Crippen LogP contribution in [0.2, 0.25) is 0 Å². The molecule has 1 aromatic heterocycles. The van der Waals surface area contributed by atoms with Crippen molar-refractivity contribution in [2.75, 3.05) is 0 Å². The van der Waals surface area contributed by atoms with Crippen molar-refractivity contribution in [3.05, 3.63) is 176 Å². The standard InChI is InChI=1S/C45H29N3/c1-3-10-30(11-4-1)34-19-20-37-27-35(21-22-36(37)26-34)33-15-9-16-39(28-33)44-46-43(32-13-5-2-6-14-32)47-45(48-44)40-24-25-42-38(29-40)23-18-31-12-7-8-17-41(31)42/h1-29H. The van der Waals surface area contributed by atoms with Crippen LogP contribution in [0.4, 0.5) is 0 Å². The van der Waals surface area contributed by atoms with Crippen molar-refractivity contribution in [1.82, 2.24) is 15.0 Å². The maximum atomic E-state index is 5.07. The third kappa shape index (κ3) is 5.18. The fourth-order valence-electron chi connectivity index (χ4n) is 6.58. The lowest BCUT2D eigenvalue weighted by atomic mass is 9.97. The number of rotatable bonds is 5. The van der Waals surface area contributed by atoms with Gasteiger partial charge in [-0.3, -0.25) is 0 Å². The zero-order valence-corrected chi connectivity index (χ0v) is 26.1. The number of hydrogen-bond donors (Lipinski definition) is 0. The van der Waals surface area contributed by atoms with Crippen molar-refractivity contribution in [2.24, 2.45) is 0 Å². The average Bonchev–Trinajstić information content (AvgIpc) is 3.17. The second kappa shape index (κ2) is 11.7. The summed E-state index contributed by atoms with van der Waals surface area (Å²) in [5.74, 6) is 1.95. The molecular weight excluding hydrogens is 583 g/mol. The average molecular weight is 612 g/mol. The van der Waals surface area contributed by atoms with Gasteiger partial charge in [0.2, 0.25) is 0 Å². The van der Waals surface area contributed by atoms with Gasteiger partial charge >= 0.3 is 0 Å². The Hall–Kier alpha value is -6.45. The van der Waals surface area contributed by atoms with Crippen molar-refractivity contribution in [1.29, 1.82) is 0 Å². The monoisotopic (exact) mass is 611 g/mol. The summed E-state index contributed by atoms with van der Waals surface area (Å²) < 4.78 is 0. The third-order valence-electron chi connectivity index (χ3n) is 9.07. The van der Waals surface area contributed by atoms with Crippen LogP contribution in [0.3, 0.4) is 0 Å². The Kier molecular flexibility index (Phi) is 6.80. The summed E-state index contributed by atoms with van der Waals surface area (Å²) in [7, 11) is 0. The molecule has 1 heterocycles. The number of aromatic nitrogens is 3. The van der Waals surface area contributed by atoms with E-state index in [0.717, 1.165) is 33.2 Å². The molecule has 0 radical (unpaired) electrons. The van der Waals surface area contributed by atoms with Crippen molar-refractivity contribution in [3.8, 4) is 56.4 Å². The number of benzene rings is 8. The Morgan fingerprint density at radius 1 is 0.229 bits per heavy atom. The minimum absolute atomic E-state index is 0.646. The topological polar surface area (TPSA) is 38.7 Å². The van der Waals surface area contributed by atoms with Crippen molar-refractivity contribution in [2.45, 2.75) is 0 Å². The van der Waals surface area contributed by atoms with Crippen molar-refractivity contribution >= 4 is 32.3 Å². The molecule has 9 aromatic rings. The molecule has 3 nitrogen and oxygen atoms in total. The fraction of sp³-hybridized carbons (Fsp3) is 0. The molecule has 0 fully saturated rings. The predicted molar refractivity (Wildman–Crippen MR) is 200 cm³/mol. The maximum absolute atomic E-state index is 5.07. The van der Waals surface area contributed by atoms with E-state index in [-0.39, 0.29) is 0 Å². The summed E-state index contributed by atoms with van der Waals surface area (Å²) in [6, 6.07) is 61.8. The van der Waals surface area contributed by atoms with Gasteiger partial charge in [-0.05, 0) is 78.8 Å². The molecule has 0 spiro atoms. The van der Waals surface area contributed by atoms with Crippen LogP contribution < -0.4 is 0 Å². The van der Waals surface area contributed by atoms with Crippen LogP contribution in [-0.2, 0) is 0 Å². The zero-order valence-electron chi connectivity index (χ0n) is 26.1. The molecule has 48 heavy (non-hydrogen) atoms. The highest BCUT2D eigenvalue weighted by atomic mass is 15.0. The van der Waals surface area contributed by atoms with Gasteiger partial charge < -0.3 is 0 Å². The van der Waals surface area contributed by atoms with Crippen LogP contribution in [0, 0.1) is 0 Å². The Balaban J connectivity index is 1.13. The number of nitrogens with zero attached hydrogens (tertiary/aromatic N) is 3. The Morgan fingerprint density at radius 3 is 1.40 bits per heavy atom. The first-order valence-electron chi connectivity index (χ1n) is 16.2. The van der Waals surface area contributed by atoms with E-state index in [1.54, 1.807) is 0 Å². The molecule has 0 saturated carbocycles. The van der Waals surface area contributed by atoms with Gasteiger partial charge in [-0.25, -0.2) is 15.0 Å². The summed E-state index contributed by atoms with van der Waals surface area (Å²) in [6.07, 6.45) is 0. The van der Waals surface area contributed by atoms with Crippen LogP contribution in [0.15, 0.2) is 176 Å². The zero-order chi connectivity index (χ0) is 31.9. The van der Waals surface area contributed by atoms with Crippen LogP contribution in [0.5, 0.6) is 0 Å². The number of fused-ring (bicyclic) bond motifs is 4. The van der Waals surface area contributed by atoms with Gasteiger partial charge in [0.1, 0.15) is 0 Å². The highest BCUT2D eigenvalue weighted by Gasteiger charge is 2.14. The molecule has 0 aliphatic carbocycles. The predicted octanol–water partition coefficient (Wildman–Crippen LogP) is 11.7. The lowest BCUT2D eigenvalue weighted by Gasteiger charge is -2.11. The van der Waals surface area contributed by atoms with E-state index < -0.39 is 0 Å². The summed E-state index contributed by atoms with van der Waals surface area (Å²) in [5, 5.41) is 7.27. The molecule has 0 aliphatic rings. The molecule has 0 unspecified atom stereocenters. The van der Waals surface area contributed by atoms with E-state index in [1.165, 1.54) is 38.1 Å². The lowest BCUT2D eigenvalue weighted by molar-refractivity contribution is 1.07. The molecule has 0 atom stereocenters. The highest BCUT2D eigenvalue weighted by molar-refractivity contribution is 6.08. The van der Waals surface area contributed by atoms with Crippen LogP contribution in [0.1, 0.15) is 0 Å². The lowest BCUT2D eigenvalue weighted by Crippen LogP contribution is -2.00. The fourth-order valence-corrected chi connectivity index (χ4v) is 6.58. The summed E-state index contributed by atoms with van der Waals surface area (Å²) >= 11 is 0. The third-order valence-corrected chi connectivity index (χ3v) is 9.07. The first-order chi connectivity index (χ1) is 23.7. The number of hydrogen-bond acceptors (Lipinski definition) is 3. The van der Waals surface area contributed by atoms with E-state index in [4.69, 9.17) is 15.0 Å². The second-order valence-electron chi connectivity index (χ2n) is 12.1. The molecule has 8 aromatic carbocycles. The van der Waals surface area contributed by atoms with E-state index in [2.05, 4.69) is 146 Å². The van der Waals surface area contributed by atoms with Crippen LogP contribution in [-0.4, -0.2) is 15.0 Å². The first kappa shape index (κ1) is 27.8. The smallest absolute Gasteiger partial charge is 0.164 e. The summed E-state index contributed by atoms with van der Waals surface area (Å²) in [6.45, 7) is 0. The van der Waals surface area contributed by atoms with Gasteiger partial charge in [-0.1, -0.05) is 152 Å². The van der Waals surface area contributed by atoms with Crippen LogP contribution >= 0.6 is 0 Å². The molecule has 9 rings (SSSR count). The molecule has 3 heteroatoms. The molecule has 224 valence electrons. The Bertz CT molecular complexity index is 2610. The minimum atomic E-state index is 0.646. The van der Waals surface area contributed by atoms with Gasteiger partial charge in [0.15, 0.2) is 17.5 Å². The normalized spacial score (nSPS) is 11.3. The maximum Gasteiger partial charge on any atom is 0.164 e. The van der Waals surface area contributed by atoms with Gasteiger partial charge in [0, 0.05) is 16.7 Å². The van der Waals surface area contributed by atoms with Crippen molar-refractivity contribution in [3.63, 3.8) is 0 Å². The van der Waals surface area contributed by atoms with E-state index in [0.29, 0.717) is 17.5 Å².